The molecule has 2 heterocycles. The Morgan fingerprint density at radius 1 is 1.32 bits per heavy atom. The number of carbonyl (C=O) groups is 2. The van der Waals surface area contributed by atoms with E-state index in [0.29, 0.717) is 24.4 Å². The number of amides is 1. The first-order valence-corrected chi connectivity index (χ1v) is 9.13. The van der Waals surface area contributed by atoms with E-state index in [4.69, 9.17) is 4.74 Å². The molecule has 122 valence electrons. The molecule has 0 N–H and O–H groups in total. The van der Waals surface area contributed by atoms with Crippen molar-refractivity contribution < 1.29 is 14.3 Å². The topological polar surface area (TPSA) is 46.6 Å². The standard InChI is InChI=1S/C17H25NO3S/c1-2-3-4-5-6-12-21-17(20)14-9-7-11-18(14)16(19)15-10-8-13-22-15/h8,10,13-14H,2-7,9,11-12H2,1H3. The largest absolute Gasteiger partial charge is 0.464 e. The first-order chi connectivity index (χ1) is 10.7. The zero-order valence-corrected chi connectivity index (χ0v) is 14.1. The third kappa shape index (κ3) is 4.57. The lowest BCUT2D eigenvalue weighted by atomic mass is 10.2. The van der Waals surface area contributed by atoms with Gasteiger partial charge in [-0.3, -0.25) is 4.79 Å². The molecule has 0 radical (unpaired) electrons. The van der Waals surface area contributed by atoms with Gasteiger partial charge in [0.2, 0.25) is 0 Å². The van der Waals surface area contributed by atoms with Crippen molar-refractivity contribution in [1.82, 2.24) is 4.90 Å². The van der Waals surface area contributed by atoms with Crippen LogP contribution in [-0.2, 0) is 9.53 Å². The summed E-state index contributed by atoms with van der Waals surface area (Å²) in [6.07, 6.45) is 7.24. The summed E-state index contributed by atoms with van der Waals surface area (Å²) in [5.74, 6) is -0.282. The molecule has 1 aliphatic heterocycles. The van der Waals surface area contributed by atoms with Gasteiger partial charge in [0.15, 0.2) is 0 Å². The van der Waals surface area contributed by atoms with Gasteiger partial charge in [0.25, 0.3) is 5.91 Å². The number of rotatable bonds is 8. The minimum Gasteiger partial charge on any atom is -0.464 e. The average Bonchev–Trinajstić information content (AvgIpc) is 3.21. The highest BCUT2D eigenvalue weighted by atomic mass is 32.1. The van der Waals surface area contributed by atoms with Crippen LogP contribution in [0, 0.1) is 0 Å². The van der Waals surface area contributed by atoms with E-state index in [1.54, 1.807) is 11.0 Å². The van der Waals surface area contributed by atoms with Crippen LogP contribution in [0.1, 0.15) is 61.5 Å². The zero-order valence-electron chi connectivity index (χ0n) is 13.3. The van der Waals surface area contributed by atoms with E-state index in [2.05, 4.69) is 6.92 Å². The molecule has 1 atom stereocenters. The molecule has 1 aliphatic rings. The Morgan fingerprint density at radius 2 is 2.14 bits per heavy atom. The van der Waals surface area contributed by atoms with Crippen LogP contribution in [0.15, 0.2) is 17.5 Å². The zero-order chi connectivity index (χ0) is 15.8. The molecular weight excluding hydrogens is 298 g/mol. The molecule has 22 heavy (non-hydrogen) atoms. The van der Waals surface area contributed by atoms with Gasteiger partial charge in [-0.05, 0) is 30.7 Å². The van der Waals surface area contributed by atoms with Crippen molar-refractivity contribution in [3.8, 4) is 0 Å². The van der Waals surface area contributed by atoms with Gasteiger partial charge in [0.1, 0.15) is 6.04 Å². The molecule has 1 saturated heterocycles. The molecule has 1 amide bonds. The van der Waals surface area contributed by atoms with E-state index in [1.807, 2.05) is 11.4 Å². The normalized spacial score (nSPS) is 17.7. The number of esters is 1. The van der Waals surface area contributed by atoms with E-state index >= 15 is 0 Å². The molecule has 2 rings (SSSR count). The van der Waals surface area contributed by atoms with Crippen LogP contribution in [0.5, 0.6) is 0 Å². The lowest BCUT2D eigenvalue weighted by Gasteiger charge is -2.22. The van der Waals surface area contributed by atoms with E-state index in [1.165, 1.54) is 30.6 Å². The monoisotopic (exact) mass is 323 g/mol. The second-order valence-electron chi connectivity index (χ2n) is 5.72. The third-order valence-electron chi connectivity index (χ3n) is 4.01. The predicted molar refractivity (Wildman–Crippen MR) is 88.1 cm³/mol. The molecule has 0 spiro atoms. The third-order valence-corrected chi connectivity index (χ3v) is 4.87. The lowest BCUT2D eigenvalue weighted by molar-refractivity contribution is -0.148. The second kappa shape index (κ2) is 8.93. The molecule has 0 aromatic carbocycles. The van der Waals surface area contributed by atoms with E-state index in [0.717, 1.165) is 19.3 Å². The van der Waals surface area contributed by atoms with Gasteiger partial charge < -0.3 is 9.64 Å². The van der Waals surface area contributed by atoms with Crippen LogP contribution < -0.4 is 0 Å². The minimum absolute atomic E-state index is 0.0441. The average molecular weight is 323 g/mol. The summed E-state index contributed by atoms with van der Waals surface area (Å²) < 4.78 is 5.37. The van der Waals surface area contributed by atoms with Crippen molar-refractivity contribution in [1.29, 1.82) is 0 Å². The number of unbranched alkanes of at least 4 members (excludes halogenated alkanes) is 4. The first kappa shape index (κ1) is 17.0. The van der Waals surface area contributed by atoms with E-state index < -0.39 is 6.04 Å². The number of thiophene rings is 1. The number of carbonyl (C=O) groups excluding carboxylic acids is 2. The maximum absolute atomic E-state index is 12.4. The van der Waals surface area contributed by atoms with Crippen LogP contribution in [0.25, 0.3) is 0 Å². The van der Waals surface area contributed by atoms with Gasteiger partial charge in [-0.25, -0.2) is 4.79 Å². The molecule has 1 unspecified atom stereocenters. The quantitative estimate of drug-likeness (QED) is 0.539. The van der Waals surface area contributed by atoms with Crippen molar-refractivity contribution in [3.05, 3.63) is 22.4 Å². The van der Waals surface area contributed by atoms with Crippen molar-refractivity contribution in [3.63, 3.8) is 0 Å². The fraction of sp³-hybridized carbons (Fsp3) is 0.647. The van der Waals surface area contributed by atoms with Gasteiger partial charge in [-0.1, -0.05) is 38.7 Å². The molecule has 4 nitrogen and oxygen atoms in total. The van der Waals surface area contributed by atoms with Gasteiger partial charge in [0, 0.05) is 6.54 Å². The van der Waals surface area contributed by atoms with Crippen LogP contribution in [-0.4, -0.2) is 36.0 Å². The molecule has 5 heteroatoms. The molecule has 0 aliphatic carbocycles. The van der Waals surface area contributed by atoms with Gasteiger partial charge in [0.05, 0.1) is 11.5 Å². The summed E-state index contributed by atoms with van der Waals surface area (Å²) in [5.41, 5.74) is 0. The molecule has 1 aromatic heterocycles. The Morgan fingerprint density at radius 3 is 2.86 bits per heavy atom. The van der Waals surface area contributed by atoms with Crippen LogP contribution in [0.2, 0.25) is 0 Å². The van der Waals surface area contributed by atoms with Crippen LogP contribution in [0.4, 0.5) is 0 Å². The van der Waals surface area contributed by atoms with E-state index in [9.17, 15) is 9.59 Å². The predicted octanol–water partition coefficient (Wildman–Crippen LogP) is 3.87. The van der Waals surface area contributed by atoms with Gasteiger partial charge in [-0.15, -0.1) is 11.3 Å². The highest BCUT2D eigenvalue weighted by Gasteiger charge is 2.35. The van der Waals surface area contributed by atoms with Crippen LogP contribution >= 0.6 is 11.3 Å². The summed E-state index contributed by atoms with van der Waals surface area (Å²) in [7, 11) is 0. The summed E-state index contributed by atoms with van der Waals surface area (Å²) >= 11 is 1.42. The Labute approximate surface area is 136 Å². The molecular formula is C17H25NO3S. The number of ether oxygens (including phenoxy) is 1. The molecule has 1 aromatic rings. The Hall–Kier alpha value is -1.36. The van der Waals surface area contributed by atoms with E-state index in [-0.39, 0.29) is 11.9 Å². The van der Waals surface area contributed by atoms with Gasteiger partial charge >= 0.3 is 5.97 Å². The van der Waals surface area contributed by atoms with Crippen LogP contribution in [0.3, 0.4) is 0 Å². The molecule has 0 bridgehead atoms. The van der Waals surface area contributed by atoms with Crippen molar-refractivity contribution >= 4 is 23.2 Å². The summed E-state index contributed by atoms with van der Waals surface area (Å²) in [5, 5.41) is 1.88. The number of likely N-dealkylation sites (tertiary alicyclic amines) is 1. The number of hydrogen-bond donors (Lipinski definition) is 0. The number of hydrogen-bond acceptors (Lipinski definition) is 4. The lowest BCUT2D eigenvalue weighted by Crippen LogP contribution is -2.41. The summed E-state index contributed by atoms with van der Waals surface area (Å²) in [4.78, 5) is 27.0. The Bertz CT molecular complexity index is 472. The smallest absolute Gasteiger partial charge is 0.328 e. The second-order valence-corrected chi connectivity index (χ2v) is 6.66. The fourth-order valence-electron chi connectivity index (χ4n) is 2.77. The van der Waals surface area contributed by atoms with Crippen molar-refractivity contribution in [2.24, 2.45) is 0 Å². The summed E-state index contributed by atoms with van der Waals surface area (Å²) in [6.45, 7) is 3.30. The van der Waals surface area contributed by atoms with Gasteiger partial charge in [-0.2, -0.15) is 0 Å². The maximum atomic E-state index is 12.4. The minimum atomic E-state index is -0.398. The number of nitrogens with zero attached hydrogens (tertiary/aromatic N) is 1. The first-order valence-electron chi connectivity index (χ1n) is 8.25. The van der Waals surface area contributed by atoms with Crippen molar-refractivity contribution in [2.45, 2.75) is 57.9 Å². The molecule has 0 saturated carbocycles. The molecule has 1 fully saturated rings. The summed E-state index contributed by atoms with van der Waals surface area (Å²) in [6, 6.07) is 3.27. The maximum Gasteiger partial charge on any atom is 0.328 e. The van der Waals surface area contributed by atoms with Crippen molar-refractivity contribution in [2.75, 3.05) is 13.2 Å². The SMILES string of the molecule is CCCCCCCOC(=O)C1CCCN1C(=O)c1cccs1. The highest BCUT2D eigenvalue weighted by molar-refractivity contribution is 7.12. The fourth-order valence-corrected chi connectivity index (χ4v) is 3.45. The Kier molecular flexibility index (Phi) is 6.90. The Balaban J connectivity index is 1.77. The highest BCUT2D eigenvalue weighted by Crippen LogP contribution is 2.23.